The molecule has 138 valence electrons. The predicted molar refractivity (Wildman–Crippen MR) is 99.4 cm³/mol. The summed E-state index contributed by atoms with van der Waals surface area (Å²) >= 11 is 0. The van der Waals surface area contributed by atoms with Gasteiger partial charge < -0.3 is 9.84 Å². The van der Waals surface area contributed by atoms with Crippen LogP contribution in [0.1, 0.15) is 17.5 Å². The van der Waals surface area contributed by atoms with Gasteiger partial charge >= 0.3 is 0 Å². The van der Waals surface area contributed by atoms with E-state index >= 15 is 0 Å². The van der Waals surface area contributed by atoms with Crippen LogP contribution in [0.25, 0.3) is 0 Å². The van der Waals surface area contributed by atoms with Gasteiger partial charge in [-0.2, -0.15) is 18.8 Å². The maximum Gasteiger partial charge on any atom is 0.285 e. The summed E-state index contributed by atoms with van der Waals surface area (Å²) in [5, 5.41) is 24.7. The van der Waals surface area contributed by atoms with Crippen molar-refractivity contribution in [2.45, 2.75) is 11.3 Å². The molecule has 0 unspecified atom stereocenters. The number of benzene rings is 2. The van der Waals surface area contributed by atoms with Gasteiger partial charge in [0.15, 0.2) is 17.3 Å². The maximum atomic E-state index is 12.3. The van der Waals surface area contributed by atoms with Gasteiger partial charge in [0.25, 0.3) is 10.0 Å². The molecule has 3 rings (SSSR count). The van der Waals surface area contributed by atoms with Crippen molar-refractivity contribution in [2.75, 3.05) is 13.7 Å². The second-order valence-electron chi connectivity index (χ2n) is 5.56. The molecule has 1 aliphatic rings. The van der Waals surface area contributed by atoms with Crippen LogP contribution in [0.3, 0.4) is 0 Å². The van der Waals surface area contributed by atoms with Gasteiger partial charge in [-0.3, -0.25) is 0 Å². The van der Waals surface area contributed by atoms with E-state index in [1.165, 1.54) is 24.4 Å². The van der Waals surface area contributed by atoms with Crippen molar-refractivity contribution < 1.29 is 18.3 Å². The van der Waals surface area contributed by atoms with Crippen LogP contribution in [-0.2, 0) is 10.0 Å². The zero-order valence-corrected chi connectivity index (χ0v) is 15.2. The highest BCUT2D eigenvalue weighted by atomic mass is 32.2. The van der Waals surface area contributed by atoms with Crippen LogP contribution >= 0.6 is 0 Å². The Labute approximate surface area is 156 Å². The summed E-state index contributed by atoms with van der Waals surface area (Å²) in [6.07, 6.45) is 1.48. The lowest BCUT2D eigenvalue weighted by atomic mass is 10.2. The number of rotatable bonds is 5. The Balaban J connectivity index is 2.01. The van der Waals surface area contributed by atoms with Gasteiger partial charge in [0.1, 0.15) is 4.90 Å². The molecule has 2 aromatic carbocycles. The van der Waals surface area contributed by atoms with Crippen LogP contribution < -0.4 is 4.74 Å². The van der Waals surface area contributed by atoms with Crippen molar-refractivity contribution in [3.8, 4) is 17.6 Å². The van der Waals surface area contributed by atoms with Gasteiger partial charge in [0.05, 0.1) is 32.4 Å². The molecule has 1 aliphatic heterocycles. The maximum absolute atomic E-state index is 12.3. The molecule has 0 fully saturated rings. The molecule has 0 atom stereocenters. The van der Waals surface area contributed by atoms with Gasteiger partial charge in [-0.15, -0.1) is 4.40 Å². The number of aromatic hydroxyl groups is 1. The number of nitriles is 1. The molecule has 8 nitrogen and oxygen atoms in total. The Morgan fingerprint density at radius 2 is 2.07 bits per heavy atom. The number of amidine groups is 1. The minimum atomic E-state index is -3.81. The van der Waals surface area contributed by atoms with Crippen LogP contribution in [0, 0.1) is 11.3 Å². The lowest BCUT2D eigenvalue weighted by molar-refractivity contribution is 0.373. The Kier molecular flexibility index (Phi) is 5.09. The van der Waals surface area contributed by atoms with Gasteiger partial charge in [0.2, 0.25) is 0 Å². The van der Waals surface area contributed by atoms with Crippen molar-refractivity contribution in [1.29, 1.82) is 5.26 Å². The molecule has 0 amide bonds. The van der Waals surface area contributed by atoms with Crippen LogP contribution in [0.15, 0.2) is 56.9 Å². The highest BCUT2D eigenvalue weighted by molar-refractivity contribution is 7.90. The summed E-state index contributed by atoms with van der Waals surface area (Å²) in [5.74, 6) is 0.332. The summed E-state index contributed by atoms with van der Waals surface area (Å²) in [6, 6.07) is 13.4. The van der Waals surface area contributed by atoms with E-state index < -0.39 is 10.0 Å². The standard InChI is InChI=1S/C18H16N4O4S/c1-26-15-8-4-6-13(17(15)23)12-20-22(11-5-10-19)18-14-7-2-3-9-16(14)27(24,25)21-18/h2-4,6-9,12,23H,5,11H2,1H3/b20-12-. The van der Waals surface area contributed by atoms with E-state index in [4.69, 9.17) is 10.00 Å². The number of ether oxygens (including phenoxy) is 1. The van der Waals surface area contributed by atoms with Crippen molar-refractivity contribution in [1.82, 2.24) is 5.01 Å². The fraction of sp³-hybridized carbons (Fsp3) is 0.167. The van der Waals surface area contributed by atoms with Crippen LogP contribution in [0.2, 0.25) is 0 Å². The Morgan fingerprint density at radius 1 is 1.30 bits per heavy atom. The van der Waals surface area contributed by atoms with Crippen LogP contribution in [-0.4, -0.2) is 44.2 Å². The minimum Gasteiger partial charge on any atom is -0.504 e. The van der Waals surface area contributed by atoms with E-state index in [0.29, 0.717) is 11.1 Å². The molecule has 0 bridgehead atoms. The number of fused-ring (bicyclic) bond motifs is 1. The minimum absolute atomic E-state index is 0.0923. The number of methoxy groups -OCH3 is 1. The summed E-state index contributed by atoms with van der Waals surface area (Å²) in [7, 11) is -2.37. The first kappa shape index (κ1) is 18.4. The molecule has 0 aromatic heterocycles. The van der Waals surface area contributed by atoms with Crippen molar-refractivity contribution >= 4 is 22.1 Å². The number of phenolic OH excluding ortho intramolecular Hbond substituents is 1. The molecule has 9 heteroatoms. The molecule has 0 radical (unpaired) electrons. The zero-order valence-electron chi connectivity index (χ0n) is 14.4. The average Bonchev–Trinajstić information content (AvgIpc) is 2.94. The SMILES string of the molecule is COc1cccc(/C=N\N(CCC#N)C2=NS(=O)(=O)c3ccccc32)c1O. The summed E-state index contributed by atoms with van der Waals surface area (Å²) in [6.45, 7) is 0.139. The van der Waals surface area contributed by atoms with Crippen molar-refractivity contribution in [3.05, 3.63) is 53.6 Å². The number of hydrogen-bond donors (Lipinski definition) is 1. The highest BCUT2D eigenvalue weighted by Gasteiger charge is 2.31. The lowest BCUT2D eigenvalue weighted by Crippen LogP contribution is -2.27. The first-order valence-corrected chi connectivity index (χ1v) is 9.40. The quantitative estimate of drug-likeness (QED) is 0.623. The number of phenols is 1. The van der Waals surface area contributed by atoms with Crippen LogP contribution in [0.4, 0.5) is 0 Å². The Bertz CT molecular complexity index is 1070. The van der Waals surface area contributed by atoms with E-state index in [9.17, 15) is 13.5 Å². The summed E-state index contributed by atoms with van der Waals surface area (Å²) in [5.41, 5.74) is 0.800. The van der Waals surface area contributed by atoms with Gasteiger partial charge in [-0.25, -0.2) is 5.01 Å². The third-order valence-electron chi connectivity index (χ3n) is 3.88. The van der Waals surface area contributed by atoms with Gasteiger partial charge in [-0.05, 0) is 24.3 Å². The third-order valence-corrected chi connectivity index (χ3v) is 5.20. The number of sulfonamides is 1. The predicted octanol–water partition coefficient (Wildman–Crippen LogP) is 2.10. The van der Waals surface area contributed by atoms with E-state index in [1.54, 1.807) is 36.4 Å². The van der Waals surface area contributed by atoms with Gasteiger partial charge in [-0.1, -0.05) is 18.2 Å². The Hall–Kier alpha value is -3.38. The van der Waals surface area contributed by atoms with E-state index in [-0.39, 0.29) is 35.2 Å². The van der Waals surface area contributed by atoms with E-state index in [1.807, 2.05) is 6.07 Å². The number of nitrogens with zero attached hydrogens (tertiary/aromatic N) is 4. The summed E-state index contributed by atoms with van der Waals surface area (Å²) < 4.78 is 33.4. The zero-order chi connectivity index (χ0) is 19.4. The number of para-hydroxylation sites is 1. The fourth-order valence-corrected chi connectivity index (χ4v) is 3.80. The van der Waals surface area contributed by atoms with Gasteiger partial charge in [0, 0.05) is 11.1 Å². The monoisotopic (exact) mass is 384 g/mol. The smallest absolute Gasteiger partial charge is 0.285 e. The average molecular weight is 384 g/mol. The molecule has 0 spiro atoms. The molecule has 2 aromatic rings. The second kappa shape index (κ2) is 7.47. The molecule has 1 heterocycles. The summed E-state index contributed by atoms with van der Waals surface area (Å²) in [4.78, 5) is 0.0985. The van der Waals surface area contributed by atoms with Crippen LogP contribution in [0.5, 0.6) is 11.5 Å². The molecule has 0 saturated carbocycles. The fourth-order valence-electron chi connectivity index (χ4n) is 2.59. The van der Waals surface area contributed by atoms with E-state index in [0.717, 1.165) is 0 Å². The molecule has 0 saturated heterocycles. The first-order valence-electron chi connectivity index (χ1n) is 7.96. The normalized spacial score (nSPS) is 14.4. The number of hydrogen-bond acceptors (Lipinski definition) is 7. The molecular formula is C18H16N4O4S. The second-order valence-corrected chi connectivity index (χ2v) is 7.13. The molecule has 0 aliphatic carbocycles. The lowest BCUT2D eigenvalue weighted by Gasteiger charge is -2.17. The Morgan fingerprint density at radius 3 is 2.81 bits per heavy atom. The molecule has 1 N–H and O–H groups in total. The van der Waals surface area contributed by atoms with Crippen molar-refractivity contribution in [2.24, 2.45) is 9.50 Å². The number of hydrazone groups is 1. The highest BCUT2D eigenvalue weighted by Crippen LogP contribution is 2.29. The third kappa shape index (κ3) is 3.61. The molecule has 27 heavy (non-hydrogen) atoms. The topological polar surface area (TPSA) is 115 Å². The largest absolute Gasteiger partial charge is 0.504 e. The van der Waals surface area contributed by atoms with Crippen molar-refractivity contribution in [3.63, 3.8) is 0 Å². The molecular weight excluding hydrogens is 368 g/mol. The van der Waals surface area contributed by atoms with E-state index in [2.05, 4.69) is 9.50 Å². The first-order chi connectivity index (χ1) is 13.0.